The average molecular weight is 428 g/mol. The van der Waals surface area contributed by atoms with E-state index in [1.54, 1.807) is 18.2 Å². The SMILES string of the molecule is COc1ccc(NC(=O)c2ccc(Sc3ccc(F)cc3)c([N+](=O)[O-])c2)c(OC)c1. The molecular formula is C21H17FN2O5S. The third-order valence-electron chi connectivity index (χ3n) is 4.12. The van der Waals surface area contributed by atoms with Crippen molar-refractivity contribution in [1.82, 2.24) is 0 Å². The fourth-order valence-electron chi connectivity index (χ4n) is 2.61. The number of ether oxygens (including phenoxy) is 2. The number of methoxy groups -OCH3 is 2. The van der Waals surface area contributed by atoms with Crippen LogP contribution < -0.4 is 14.8 Å². The van der Waals surface area contributed by atoms with Crippen molar-refractivity contribution in [2.75, 3.05) is 19.5 Å². The van der Waals surface area contributed by atoms with E-state index in [0.717, 1.165) is 11.8 Å². The first kappa shape index (κ1) is 21.1. The molecule has 0 unspecified atom stereocenters. The lowest BCUT2D eigenvalue weighted by Crippen LogP contribution is -2.13. The van der Waals surface area contributed by atoms with Crippen molar-refractivity contribution >= 4 is 29.0 Å². The lowest BCUT2D eigenvalue weighted by atomic mass is 10.1. The first-order valence-corrected chi connectivity index (χ1v) is 9.48. The van der Waals surface area contributed by atoms with Crippen molar-refractivity contribution in [2.45, 2.75) is 9.79 Å². The van der Waals surface area contributed by atoms with Gasteiger partial charge in [0.05, 0.1) is 29.7 Å². The van der Waals surface area contributed by atoms with Crippen LogP contribution in [0.25, 0.3) is 0 Å². The van der Waals surface area contributed by atoms with Gasteiger partial charge < -0.3 is 14.8 Å². The molecule has 3 rings (SSSR count). The molecule has 0 saturated carbocycles. The van der Waals surface area contributed by atoms with Crippen molar-refractivity contribution in [3.63, 3.8) is 0 Å². The minimum Gasteiger partial charge on any atom is -0.497 e. The zero-order valence-electron chi connectivity index (χ0n) is 16.0. The minimum absolute atomic E-state index is 0.114. The van der Waals surface area contributed by atoms with Gasteiger partial charge in [-0.15, -0.1) is 0 Å². The zero-order chi connectivity index (χ0) is 21.7. The molecule has 0 heterocycles. The number of carbonyl (C=O) groups excluding carboxylic acids is 1. The monoisotopic (exact) mass is 428 g/mol. The third-order valence-corrected chi connectivity index (χ3v) is 5.19. The second-order valence-corrected chi connectivity index (χ2v) is 7.13. The van der Waals surface area contributed by atoms with Crippen LogP contribution in [-0.2, 0) is 0 Å². The summed E-state index contributed by atoms with van der Waals surface area (Å²) in [5.41, 5.74) is 0.289. The highest BCUT2D eigenvalue weighted by atomic mass is 32.2. The Morgan fingerprint density at radius 2 is 1.77 bits per heavy atom. The van der Waals surface area contributed by atoms with Gasteiger partial charge in [0.2, 0.25) is 0 Å². The van der Waals surface area contributed by atoms with Crippen LogP contribution >= 0.6 is 11.8 Å². The molecule has 30 heavy (non-hydrogen) atoms. The summed E-state index contributed by atoms with van der Waals surface area (Å²) in [7, 11) is 2.97. The summed E-state index contributed by atoms with van der Waals surface area (Å²) >= 11 is 1.11. The minimum atomic E-state index is -0.559. The Morgan fingerprint density at radius 1 is 1.03 bits per heavy atom. The number of nitro benzene ring substituents is 1. The summed E-state index contributed by atoms with van der Waals surface area (Å²) in [4.78, 5) is 24.6. The Bertz CT molecular complexity index is 1090. The van der Waals surface area contributed by atoms with Gasteiger partial charge >= 0.3 is 0 Å². The third kappa shape index (κ3) is 4.87. The topological polar surface area (TPSA) is 90.7 Å². The molecule has 3 aromatic rings. The Kier molecular flexibility index (Phi) is 6.53. The van der Waals surface area contributed by atoms with E-state index in [-0.39, 0.29) is 11.3 Å². The molecule has 7 nitrogen and oxygen atoms in total. The van der Waals surface area contributed by atoms with Gasteiger partial charge in [0.1, 0.15) is 17.3 Å². The summed E-state index contributed by atoms with van der Waals surface area (Å²) in [5, 5.41) is 14.2. The highest BCUT2D eigenvalue weighted by Crippen LogP contribution is 2.36. The molecule has 0 saturated heterocycles. The number of nitro groups is 1. The Morgan fingerprint density at radius 3 is 2.40 bits per heavy atom. The van der Waals surface area contributed by atoms with E-state index in [1.807, 2.05) is 0 Å². The van der Waals surface area contributed by atoms with Crippen LogP contribution in [0, 0.1) is 15.9 Å². The molecule has 1 N–H and O–H groups in total. The van der Waals surface area contributed by atoms with Crippen LogP contribution in [0.2, 0.25) is 0 Å². The molecule has 154 valence electrons. The number of anilines is 1. The van der Waals surface area contributed by atoms with Crippen LogP contribution in [-0.4, -0.2) is 25.1 Å². The molecule has 0 atom stereocenters. The molecule has 0 aliphatic carbocycles. The van der Waals surface area contributed by atoms with Crippen LogP contribution in [0.15, 0.2) is 70.5 Å². The summed E-state index contributed by atoms with van der Waals surface area (Å²) in [6.07, 6.45) is 0. The molecule has 0 spiro atoms. The van der Waals surface area contributed by atoms with Crippen molar-refractivity contribution < 1.29 is 23.6 Å². The van der Waals surface area contributed by atoms with Crippen molar-refractivity contribution in [2.24, 2.45) is 0 Å². The van der Waals surface area contributed by atoms with Gasteiger partial charge in [-0.1, -0.05) is 11.8 Å². The van der Waals surface area contributed by atoms with Crippen molar-refractivity contribution in [1.29, 1.82) is 0 Å². The van der Waals surface area contributed by atoms with E-state index in [4.69, 9.17) is 9.47 Å². The maximum atomic E-state index is 13.1. The molecule has 0 aliphatic heterocycles. The molecule has 0 fully saturated rings. The standard InChI is InChI=1S/C21H17FN2O5S/c1-28-15-6-9-17(19(12-15)29-2)23-21(25)13-3-10-20(18(11-13)24(26)27)30-16-7-4-14(22)5-8-16/h3-12H,1-2H3,(H,23,25). The largest absolute Gasteiger partial charge is 0.497 e. The van der Waals surface area contributed by atoms with Crippen LogP contribution in [0.5, 0.6) is 11.5 Å². The maximum absolute atomic E-state index is 13.1. The number of halogens is 1. The first-order valence-electron chi connectivity index (χ1n) is 8.66. The fourth-order valence-corrected chi connectivity index (χ4v) is 3.51. The van der Waals surface area contributed by atoms with Gasteiger partial charge in [-0.3, -0.25) is 14.9 Å². The average Bonchev–Trinajstić information content (AvgIpc) is 2.75. The molecule has 0 aromatic heterocycles. The number of nitrogens with zero attached hydrogens (tertiary/aromatic N) is 1. The summed E-state index contributed by atoms with van der Waals surface area (Å²) in [6, 6.07) is 14.7. The second-order valence-electron chi connectivity index (χ2n) is 6.02. The van der Waals surface area contributed by atoms with Gasteiger partial charge in [0.15, 0.2) is 0 Å². The number of nitrogens with one attached hydrogen (secondary N) is 1. The van der Waals surface area contributed by atoms with Gasteiger partial charge in [-0.2, -0.15) is 0 Å². The fraction of sp³-hybridized carbons (Fsp3) is 0.0952. The first-order chi connectivity index (χ1) is 14.4. The van der Waals surface area contributed by atoms with Gasteiger partial charge in [0.25, 0.3) is 11.6 Å². The molecule has 0 bridgehead atoms. The summed E-state index contributed by atoms with van der Waals surface area (Å²) in [5.74, 6) is 0.0260. The molecular weight excluding hydrogens is 411 g/mol. The van der Waals surface area contributed by atoms with E-state index in [2.05, 4.69) is 5.32 Å². The molecule has 0 aliphatic rings. The smallest absolute Gasteiger partial charge is 0.284 e. The predicted octanol–water partition coefficient (Wildman–Crippen LogP) is 5.15. The maximum Gasteiger partial charge on any atom is 0.284 e. The summed E-state index contributed by atoms with van der Waals surface area (Å²) < 4.78 is 23.4. The van der Waals surface area contributed by atoms with Gasteiger partial charge in [0, 0.05) is 22.6 Å². The molecule has 3 aromatic carbocycles. The lowest BCUT2D eigenvalue weighted by Gasteiger charge is -2.12. The lowest BCUT2D eigenvalue weighted by molar-refractivity contribution is -0.387. The number of carbonyl (C=O) groups is 1. The molecule has 0 radical (unpaired) electrons. The van der Waals surface area contributed by atoms with E-state index in [9.17, 15) is 19.3 Å². The van der Waals surface area contributed by atoms with E-state index >= 15 is 0 Å². The molecule has 9 heteroatoms. The van der Waals surface area contributed by atoms with Crippen molar-refractivity contribution in [3.8, 4) is 11.5 Å². The van der Waals surface area contributed by atoms with Crippen LogP contribution in [0.1, 0.15) is 10.4 Å². The van der Waals surface area contributed by atoms with Gasteiger partial charge in [-0.05, 0) is 48.5 Å². The van der Waals surface area contributed by atoms with Crippen LogP contribution in [0.3, 0.4) is 0 Å². The Labute approximate surface area is 176 Å². The molecule has 1 amide bonds. The normalized spacial score (nSPS) is 10.4. The predicted molar refractivity (Wildman–Crippen MR) is 111 cm³/mol. The van der Waals surface area contributed by atoms with E-state index in [1.165, 1.54) is 56.7 Å². The number of hydrogen-bond acceptors (Lipinski definition) is 6. The van der Waals surface area contributed by atoms with E-state index < -0.39 is 16.6 Å². The zero-order valence-corrected chi connectivity index (χ0v) is 16.9. The number of benzene rings is 3. The van der Waals surface area contributed by atoms with Crippen molar-refractivity contribution in [3.05, 3.63) is 82.2 Å². The number of amides is 1. The summed E-state index contributed by atoms with van der Waals surface area (Å²) in [6.45, 7) is 0. The Hall–Kier alpha value is -3.59. The highest BCUT2D eigenvalue weighted by Gasteiger charge is 2.19. The number of rotatable bonds is 7. The number of hydrogen-bond donors (Lipinski definition) is 1. The van der Waals surface area contributed by atoms with E-state index in [0.29, 0.717) is 27.0 Å². The quantitative estimate of drug-likeness (QED) is 0.413. The highest BCUT2D eigenvalue weighted by molar-refractivity contribution is 7.99. The van der Waals surface area contributed by atoms with Crippen LogP contribution in [0.4, 0.5) is 15.8 Å². The second kappa shape index (κ2) is 9.27. The Balaban J connectivity index is 1.86. The van der Waals surface area contributed by atoms with Gasteiger partial charge in [-0.25, -0.2) is 4.39 Å².